The summed E-state index contributed by atoms with van der Waals surface area (Å²) < 4.78 is 0. The minimum atomic E-state index is 0. The fraction of sp³-hybridized carbons (Fsp3) is 1.00. The summed E-state index contributed by atoms with van der Waals surface area (Å²) in [6, 6.07) is 0.696. The van der Waals surface area contributed by atoms with E-state index >= 15 is 0 Å². The van der Waals surface area contributed by atoms with Crippen LogP contribution in [-0.4, -0.2) is 97.5 Å². The predicted molar refractivity (Wildman–Crippen MR) is 89.7 cm³/mol. The second-order valence-electron chi connectivity index (χ2n) is 5.70. The van der Waals surface area contributed by atoms with E-state index in [0.717, 1.165) is 26.2 Å². The van der Waals surface area contributed by atoms with E-state index in [2.05, 4.69) is 28.8 Å². The Bertz CT molecular complexity index is 231. The molecule has 5 nitrogen and oxygen atoms in total. The Morgan fingerprint density at radius 1 is 0.870 bits per heavy atom. The summed E-state index contributed by atoms with van der Waals surface area (Å²) in [6.07, 6.45) is 3.88. The second kappa shape index (κ2) is 20.3. The van der Waals surface area contributed by atoms with Gasteiger partial charge in [0, 0.05) is 91.1 Å². The third-order valence-electron chi connectivity index (χ3n) is 4.01. The Morgan fingerprint density at radius 2 is 1.35 bits per heavy atom. The number of nitrogens with zero attached hydrogens (tertiary/aromatic N) is 3. The van der Waals surface area contributed by atoms with Crippen LogP contribution in [0.3, 0.4) is 0 Å². The van der Waals surface area contributed by atoms with Crippen molar-refractivity contribution in [3.8, 4) is 0 Å². The minimum Gasteiger partial charge on any atom is -0.395 e. The molecule has 0 aromatic heterocycles. The Balaban J connectivity index is -0.000000300. The molecule has 0 bridgehead atoms. The first-order valence-electron chi connectivity index (χ1n) is 8.50. The number of aliphatic hydroxyl groups excluding tert-OH is 2. The van der Waals surface area contributed by atoms with Crippen LogP contribution in [0.5, 0.6) is 0 Å². The number of likely N-dealkylation sites (tertiary alicyclic amines) is 2. The van der Waals surface area contributed by atoms with E-state index < -0.39 is 0 Å². The van der Waals surface area contributed by atoms with Crippen molar-refractivity contribution in [3.63, 3.8) is 0 Å². The summed E-state index contributed by atoms with van der Waals surface area (Å²) in [5.41, 5.74) is 0. The standard InChI is InChI=1S/C8H18N2O.C6H13NO.C2H6.2Y/c1-9(2)8-3-4-10(7-8)5-6-11;8-6-5-7-3-1-2-4-7;1-2;;/h8,11H,3-7H2,1-2H3;8H,1-6H2;1-2H3;;. The van der Waals surface area contributed by atoms with Gasteiger partial charge in [0.15, 0.2) is 0 Å². The number of hydrogen-bond donors (Lipinski definition) is 2. The third-order valence-corrected chi connectivity index (χ3v) is 4.01. The summed E-state index contributed by atoms with van der Waals surface area (Å²) in [5.74, 6) is 0. The predicted octanol–water partition coefficient (Wildman–Crippen LogP) is 0.710. The molecule has 7 heteroatoms. The molecule has 2 saturated heterocycles. The summed E-state index contributed by atoms with van der Waals surface area (Å²) in [7, 11) is 4.24. The Morgan fingerprint density at radius 3 is 1.74 bits per heavy atom. The van der Waals surface area contributed by atoms with Crippen LogP contribution in [0.4, 0.5) is 0 Å². The molecule has 2 N–H and O–H groups in total. The van der Waals surface area contributed by atoms with Crippen LogP contribution in [-0.2, 0) is 65.4 Å². The minimum absolute atomic E-state index is 0. The first-order valence-corrected chi connectivity index (χ1v) is 8.50. The van der Waals surface area contributed by atoms with Crippen molar-refractivity contribution in [2.24, 2.45) is 0 Å². The van der Waals surface area contributed by atoms with Gasteiger partial charge in [-0.1, -0.05) is 13.8 Å². The number of hydrogen-bond acceptors (Lipinski definition) is 5. The molecule has 2 aliphatic heterocycles. The summed E-state index contributed by atoms with van der Waals surface area (Å²) in [4.78, 5) is 6.86. The van der Waals surface area contributed by atoms with Crippen molar-refractivity contribution in [3.05, 3.63) is 0 Å². The van der Waals surface area contributed by atoms with Gasteiger partial charge >= 0.3 is 0 Å². The van der Waals surface area contributed by atoms with Crippen LogP contribution >= 0.6 is 0 Å². The molecule has 0 aromatic carbocycles. The Kier molecular flexibility index (Phi) is 26.3. The van der Waals surface area contributed by atoms with Gasteiger partial charge in [0.05, 0.1) is 13.2 Å². The summed E-state index contributed by atoms with van der Waals surface area (Å²) >= 11 is 0. The van der Waals surface area contributed by atoms with Crippen LogP contribution in [0.2, 0.25) is 0 Å². The van der Waals surface area contributed by atoms with E-state index in [1.54, 1.807) is 0 Å². The molecular formula is C16H37N3O2Y2. The zero-order valence-corrected chi connectivity index (χ0v) is 21.4. The molecule has 2 fully saturated rings. The van der Waals surface area contributed by atoms with E-state index in [9.17, 15) is 0 Å². The third kappa shape index (κ3) is 14.8. The molecule has 23 heavy (non-hydrogen) atoms. The van der Waals surface area contributed by atoms with Crippen molar-refractivity contribution >= 4 is 0 Å². The first kappa shape index (κ1) is 29.8. The molecule has 1 atom stereocenters. The van der Waals surface area contributed by atoms with Gasteiger partial charge in [0.1, 0.15) is 0 Å². The fourth-order valence-corrected chi connectivity index (χ4v) is 2.73. The molecule has 2 rings (SSSR count). The molecule has 0 aromatic rings. The maximum Gasteiger partial charge on any atom is 0.0558 e. The second-order valence-corrected chi connectivity index (χ2v) is 5.70. The quantitative estimate of drug-likeness (QED) is 0.606. The summed E-state index contributed by atoms with van der Waals surface area (Å²) in [5, 5.41) is 17.2. The Labute approximate surface area is 194 Å². The van der Waals surface area contributed by atoms with Crippen molar-refractivity contribution in [1.82, 2.24) is 14.7 Å². The monoisotopic (exact) mass is 481 g/mol. The maximum atomic E-state index is 8.70. The Hall–Kier alpha value is 2.01. The van der Waals surface area contributed by atoms with Crippen molar-refractivity contribution in [2.45, 2.75) is 39.2 Å². The van der Waals surface area contributed by atoms with Crippen molar-refractivity contribution in [1.29, 1.82) is 0 Å². The van der Waals surface area contributed by atoms with Crippen LogP contribution < -0.4 is 0 Å². The zero-order valence-electron chi connectivity index (χ0n) is 15.7. The number of β-amino-alcohol motifs (C(OH)–C–C–N with tert-alkyl or cyclic N) is 2. The molecule has 2 aliphatic rings. The number of aliphatic hydroxyl groups is 2. The maximum absolute atomic E-state index is 8.70. The largest absolute Gasteiger partial charge is 0.395 e. The van der Waals surface area contributed by atoms with Gasteiger partial charge < -0.3 is 20.0 Å². The first-order chi connectivity index (χ1) is 10.2. The van der Waals surface area contributed by atoms with E-state index in [1.165, 1.54) is 32.4 Å². The topological polar surface area (TPSA) is 50.2 Å². The van der Waals surface area contributed by atoms with Crippen LogP contribution in [0.1, 0.15) is 33.1 Å². The fourth-order valence-electron chi connectivity index (χ4n) is 2.73. The number of rotatable bonds is 5. The molecule has 0 amide bonds. The van der Waals surface area contributed by atoms with Gasteiger partial charge in [0.25, 0.3) is 0 Å². The average Bonchev–Trinajstić information content (AvgIpc) is 3.14. The molecular weight excluding hydrogens is 444 g/mol. The molecule has 134 valence electrons. The SMILES string of the molecule is CC.CN(C)C1CCN(CCO)C1.OCCN1CCCC1.[Y].[Y]. The van der Waals surface area contributed by atoms with Gasteiger partial charge in [-0.15, -0.1) is 0 Å². The van der Waals surface area contributed by atoms with Crippen LogP contribution in [0.15, 0.2) is 0 Å². The van der Waals surface area contributed by atoms with E-state index in [0.29, 0.717) is 19.3 Å². The molecule has 1 unspecified atom stereocenters. The van der Waals surface area contributed by atoms with Gasteiger partial charge in [0.2, 0.25) is 0 Å². The molecule has 2 heterocycles. The smallest absolute Gasteiger partial charge is 0.0558 e. The van der Waals surface area contributed by atoms with E-state index in [1.807, 2.05) is 13.8 Å². The normalized spacial score (nSPS) is 20.7. The summed E-state index contributed by atoms with van der Waals surface area (Å²) in [6.45, 7) is 11.0. The van der Waals surface area contributed by atoms with Crippen molar-refractivity contribution < 1.29 is 75.6 Å². The van der Waals surface area contributed by atoms with Gasteiger partial charge in [-0.05, 0) is 53.0 Å². The molecule has 0 saturated carbocycles. The van der Waals surface area contributed by atoms with Gasteiger partial charge in [-0.25, -0.2) is 0 Å². The number of likely N-dealkylation sites (N-methyl/N-ethyl adjacent to an activating group) is 1. The van der Waals surface area contributed by atoms with Gasteiger partial charge in [-0.2, -0.15) is 0 Å². The molecule has 0 aliphatic carbocycles. The van der Waals surface area contributed by atoms with Crippen LogP contribution in [0, 0.1) is 0 Å². The molecule has 0 spiro atoms. The van der Waals surface area contributed by atoms with E-state index in [4.69, 9.17) is 10.2 Å². The van der Waals surface area contributed by atoms with Crippen LogP contribution in [0.25, 0.3) is 0 Å². The van der Waals surface area contributed by atoms with E-state index in [-0.39, 0.29) is 65.4 Å². The molecule has 2 radical (unpaired) electrons. The van der Waals surface area contributed by atoms with Gasteiger partial charge in [-0.3, -0.25) is 4.90 Å². The average molecular weight is 481 g/mol. The van der Waals surface area contributed by atoms with Crippen molar-refractivity contribution in [2.75, 3.05) is 66.6 Å². The zero-order chi connectivity index (χ0) is 16.1.